The minimum Gasteiger partial charge on any atom is -0.497 e. The summed E-state index contributed by atoms with van der Waals surface area (Å²) in [5.74, 6) is 1.05. The third kappa shape index (κ3) is 3.27. The predicted octanol–water partition coefficient (Wildman–Crippen LogP) is 4.13. The molecule has 0 radical (unpaired) electrons. The first-order valence-corrected chi connectivity index (χ1v) is 6.84. The Balaban J connectivity index is 2.02. The third-order valence-corrected chi connectivity index (χ3v) is 3.70. The second kappa shape index (κ2) is 6.38. The summed E-state index contributed by atoms with van der Waals surface area (Å²) in [5.41, 5.74) is 4.26. The number of Topliss-reactive ketones (excluding diaryl/α,β-unsaturated/α-hetero) is 1. The molecule has 2 heteroatoms. The van der Waals surface area contributed by atoms with Gasteiger partial charge in [-0.05, 0) is 49.1 Å². The Labute approximate surface area is 120 Å². The van der Waals surface area contributed by atoms with Gasteiger partial charge in [0, 0.05) is 12.0 Å². The van der Waals surface area contributed by atoms with Gasteiger partial charge < -0.3 is 4.74 Å². The lowest BCUT2D eigenvalue weighted by Crippen LogP contribution is -2.04. The highest BCUT2D eigenvalue weighted by Crippen LogP contribution is 2.17. The Hall–Kier alpha value is -2.09. The minimum atomic E-state index is 0.210. The number of benzene rings is 2. The largest absolute Gasteiger partial charge is 0.497 e. The molecule has 0 aliphatic heterocycles. The summed E-state index contributed by atoms with van der Waals surface area (Å²) >= 11 is 0. The number of carbonyl (C=O) groups is 1. The van der Waals surface area contributed by atoms with Gasteiger partial charge in [-0.15, -0.1) is 0 Å². The molecule has 20 heavy (non-hydrogen) atoms. The van der Waals surface area contributed by atoms with Crippen LogP contribution in [0.4, 0.5) is 0 Å². The third-order valence-electron chi connectivity index (χ3n) is 3.70. The number of carbonyl (C=O) groups excluding carboxylic acids is 1. The topological polar surface area (TPSA) is 26.3 Å². The van der Waals surface area contributed by atoms with E-state index in [1.54, 1.807) is 7.11 Å². The van der Waals surface area contributed by atoms with Gasteiger partial charge in [0.15, 0.2) is 5.78 Å². The number of aryl methyl sites for hydroxylation is 2. The Morgan fingerprint density at radius 3 is 2.40 bits per heavy atom. The van der Waals surface area contributed by atoms with Gasteiger partial charge in [0.05, 0.1) is 7.11 Å². The highest BCUT2D eigenvalue weighted by Gasteiger charge is 2.10. The lowest BCUT2D eigenvalue weighted by Gasteiger charge is -2.08. The van der Waals surface area contributed by atoms with E-state index in [2.05, 4.69) is 0 Å². The molecule has 0 spiro atoms. The molecule has 0 aliphatic rings. The molecule has 0 saturated heterocycles. The van der Waals surface area contributed by atoms with E-state index in [4.69, 9.17) is 4.74 Å². The summed E-state index contributed by atoms with van der Waals surface area (Å²) < 4.78 is 5.13. The standard InChI is InChI=1S/C18H20O2/c1-13-5-4-6-17(14(13)2)18(19)12-9-15-7-10-16(20-3)11-8-15/h4-8,10-11H,9,12H2,1-3H3. The molecule has 104 valence electrons. The van der Waals surface area contributed by atoms with Crippen molar-refractivity contribution in [1.82, 2.24) is 0 Å². The minimum absolute atomic E-state index is 0.210. The maximum Gasteiger partial charge on any atom is 0.163 e. The van der Waals surface area contributed by atoms with Crippen LogP contribution in [0.2, 0.25) is 0 Å². The zero-order valence-corrected chi connectivity index (χ0v) is 12.3. The van der Waals surface area contributed by atoms with E-state index in [1.165, 1.54) is 5.56 Å². The van der Waals surface area contributed by atoms with Crippen LogP contribution in [-0.2, 0) is 6.42 Å². The quantitative estimate of drug-likeness (QED) is 0.762. The fourth-order valence-electron chi connectivity index (χ4n) is 2.24. The van der Waals surface area contributed by atoms with E-state index >= 15 is 0 Å². The van der Waals surface area contributed by atoms with Crippen molar-refractivity contribution in [3.63, 3.8) is 0 Å². The summed E-state index contributed by atoms with van der Waals surface area (Å²) in [7, 11) is 1.65. The molecule has 0 heterocycles. The van der Waals surface area contributed by atoms with Gasteiger partial charge in [0.2, 0.25) is 0 Å². The summed E-state index contributed by atoms with van der Waals surface area (Å²) in [4.78, 5) is 12.3. The predicted molar refractivity (Wildman–Crippen MR) is 81.6 cm³/mol. The van der Waals surface area contributed by atoms with Crippen LogP contribution in [0.15, 0.2) is 42.5 Å². The highest BCUT2D eigenvalue weighted by atomic mass is 16.5. The van der Waals surface area contributed by atoms with Gasteiger partial charge in [-0.25, -0.2) is 0 Å². The molecule has 0 fully saturated rings. The van der Waals surface area contributed by atoms with E-state index in [1.807, 2.05) is 56.3 Å². The lowest BCUT2D eigenvalue weighted by molar-refractivity contribution is 0.0982. The molecule has 0 aliphatic carbocycles. The van der Waals surface area contributed by atoms with E-state index in [0.717, 1.165) is 28.9 Å². The van der Waals surface area contributed by atoms with Crippen LogP contribution < -0.4 is 4.74 Å². The molecular formula is C18H20O2. The van der Waals surface area contributed by atoms with Crippen molar-refractivity contribution in [2.45, 2.75) is 26.7 Å². The first kappa shape index (κ1) is 14.3. The zero-order chi connectivity index (χ0) is 14.5. The number of ketones is 1. The van der Waals surface area contributed by atoms with Crippen LogP contribution >= 0.6 is 0 Å². The van der Waals surface area contributed by atoms with Gasteiger partial charge in [0.1, 0.15) is 5.75 Å². The number of methoxy groups -OCH3 is 1. The molecule has 2 nitrogen and oxygen atoms in total. The molecule has 0 bridgehead atoms. The van der Waals surface area contributed by atoms with Crippen LogP contribution in [0.5, 0.6) is 5.75 Å². The van der Waals surface area contributed by atoms with Crippen molar-refractivity contribution >= 4 is 5.78 Å². The lowest BCUT2D eigenvalue weighted by atomic mass is 9.96. The fourth-order valence-corrected chi connectivity index (χ4v) is 2.24. The van der Waals surface area contributed by atoms with Crippen molar-refractivity contribution in [3.8, 4) is 5.75 Å². The second-order valence-corrected chi connectivity index (χ2v) is 5.02. The molecule has 2 aromatic carbocycles. The Kier molecular flexibility index (Phi) is 4.57. The summed E-state index contributed by atoms with van der Waals surface area (Å²) in [6.45, 7) is 4.05. The Morgan fingerprint density at radius 1 is 1.05 bits per heavy atom. The number of ether oxygens (including phenoxy) is 1. The van der Waals surface area contributed by atoms with Crippen LogP contribution in [-0.4, -0.2) is 12.9 Å². The van der Waals surface area contributed by atoms with Crippen molar-refractivity contribution in [2.75, 3.05) is 7.11 Å². The summed E-state index contributed by atoms with van der Waals surface area (Å²) in [6, 6.07) is 13.8. The monoisotopic (exact) mass is 268 g/mol. The summed E-state index contributed by atoms with van der Waals surface area (Å²) in [6.07, 6.45) is 1.30. The van der Waals surface area contributed by atoms with Crippen molar-refractivity contribution < 1.29 is 9.53 Å². The Bertz CT molecular complexity index is 597. The maximum absolute atomic E-state index is 12.3. The molecule has 0 atom stereocenters. The molecule has 2 aromatic rings. The fraction of sp³-hybridized carbons (Fsp3) is 0.278. The molecular weight excluding hydrogens is 248 g/mol. The second-order valence-electron chi connectivity index (χ2n) is 5.02. The van der Waals surface area contributed by atoms with Crippen LogP contribution in [0.3, 0.4) is 0 Å². The van der Waals surface area contributed by atoms with Gasteiger partial charge in [-0.3, -0.25) is 4.79 Å². The SMILES string of the molecule is COc1ccc(CCC(=O)c2cccc(C)c2C)cc1. The molecule has 0 unspecified atom stereocenters. The number of hydrogen-bond donors (Lipinski definition) is 0. The van der Waals surface area contributed by atoms with Crippen molar-refractivity contribution in [1.29, 1.82) is 0 Å². The van der Waals surface area contributed by atoms with Gasteiger partial charge in [0.25, 0.3) is 0 Å². The van der Waals surface area contributed by atoms with E-state index in [0.29, 0.717) is 6.42 Å². The van der Waals surface area contributed by atoms with Crippen LogP contribution in [0, 0.1) is 13.8 Å². The first-order chi connectivity index (χ1) is 9.61. The average Bonchev–Trinajstić information content (AvgIpc) is 2.48. The van der Waals surface area contributed by atoms with Crippen molar-refractivity contribution in [2.24, 2.45) is 0 Å². The Morgan fingerprint density at radius 2 is 1.75 bits per heavy atom. The molecule has 0 saturated carbocycles. The van der Waals surface area contributed by atoms with E-state index < -0.39 is 0 Å². The number of rotatable bonds is 5. The van der Waals surface area contributed by atoms with Gasteiger partial charge in [-0.2, -0.15) is 0 Å². The summed E-state index contributed by atoms with van der Waals surface area (Å²) in [5, 5.41) is 0. The smallest absolute Gasteiger partial charge is 0.163 e. The normalized spacial score (nSPS) is 10.3. The molecule has 2 rings (SSSR count). The van der Waals surface area contributed by atoms with E-state index in [9.17, 15) is 4.79 Å². The highest BCUT2D eigenvalue weighted by molar-refractivity contribution is 5.97. The zero-order valence-electron chi connectivity index (χ0n) is 12.3. The first-order valence-electron chi connectivity index (χ1n) is 6.84. The molecule has 0 amide bonds. The van der Waals surface area contributed by atoms with Crippen LogP contribution in [0.25, 0.3) is 0 Å². The maximum atomic E-state index is 12.3. The number of hydrogen-bond acceptors (Lipinski definition) is 2. The van der Waals surface area contributed by atoms with Crippen LogP contribution in [0.1, 0.15) is 33.5 Å². The van der Waals surface area contributed by atoms with E-state index in [-0.39, 0.29) is 5.78 Å². The van der Waals surface area contributed by atoms with Gasteiger partial charge >= 0.3 is 0 Å². The molecule has 0 N–H and O–H groups in total. The molecule has 0 aromatic heterocycles. The van der Waals surface area contributed by atoms with Crippen molar-refractivity contribution in [3.05, 3.63) is 64.7 Å². The van der Waals surface area contributed by atoms with Gasteiger partial charge in [-0.1, -0.05) is 30.3 Å². The average molecular weight is 268 g/mol.